The number of nitrogens with two attached hydrogens (primary N) is 1. The fraction of sp³-hybridized carbons (Fsp3) is 0.786. The van der Waals surface area contributed by atoms with Crippen LogP contribution in [0.25, 0.3) is 0 Å². The van der Waals surface area contributed by atoms with Gasteiger partial charge in [0.1, 0.15) is 0 Å². The minimum absolute atomic E-state index is 0.0352. The largest absolute Gasteiger partial charge is 0.375 e. The monoisotopic (exact) mass is 251 g/mol. The van der Waals surface area contributed by atoms with Gasteiger partial charge in [-0.15, -0.1) is 0 Å². The molecule has 0 amide bonds. The van der Waals surface area contributed by atoms with Gasteiger partial charge in [-0.2, -0.15) is 0 Å². The van der Waals surface area contributed by atoms with Crippen LogP contribution in [-0.4, -0.2) is 21.8 Å². The molecule has 102 valence electrons. The van der Waals surface area contributed by atoms with E-state index >= 15 is 0 Å². The Balaban J connectivity index is 2.20. The van der Waals surface area contributed by atoms with Gasteiger partial charge >= 0.3 is 0 Å². The Bertz CT molecular complexity index is 382. The van der Waals surface area contributed by atoms with Crippen LogP contribution >= 0.6 is 0 Å². The molecule has 1 aliphatic rings. The van der Waals surface area contributed by atoms with Gasteiger partial charge in [0.15, 0.2) is 0 Å². The molecule has 0 radical (unpaired) electrons. The number of nitrogens with zero attached hydrogens (tertiary/aromatic N) is 2. The molecule has 4 heteroatoms. The first-order chi connectivity index (χ1) is 8.62. The maximum Gasteiger partial charge on any atom is 0.0951 e. The van der Waals surface area contributed by atoms with Gasteiger partial charge in [0.2, 0.25) is 0 Å². The minimum atomic E-state index is 0.0352. The Labute approximate surface area is 110 Å². The highest BCUT2D eigenvalue weighted by Crippen LogP contribution is 2.37. The predicted octanol–water partition coefficient (Wildman–Crippen LogP) is 2.81. The average molecular weight is 251 g/mol. The zero-order valence-electron chi connectivity index (χ0n) is 11.7. The second-order valence-electron chi connectivity index (χ2n) is 5.40. The Kier molecular flexibility index (Phi) is 4.07. The standard InChI is InChI=1S/C14H25N3O/c1-4-14(5-2)8-12(6-7-18-14)17-10-16-9-13(17)11(3)15/h9-12H,4-8,15H2,1-3H3. The first kappa shape index (κ1) is 13.6. The van der Waals surface area contributed by atoms with Gasteiger partial charge in [-0.3, -0.25) is 0 Å². The van der Waals surface area contributed by atoms with E-state index in [2.05, 4.69) is 23.4 Å². The molecular weight excluding hydrogens is 226 g/mol. The lowest BCUT2D eigenvalue weighted by molar-refractivity contribution is -0.0990. The van der Waals surface area contributed by atoms with Gasteiger partial charge in [0.25, 0.3) is 0 Å². The number of hydrogen-bond donors (Lipinski definition) is 1. The molecule has 1 fully saturated rings. The van der Waals surface area contributed by atoms with E-state index < -0.39 is 0 Å². The highest BCUT2D eigenvalue weighted by Gasteiger charge is 2.35. The molecule has 1 aliphatic heterocycles. The van der Waals surface area contributed by atoms with Crippen molar-refractivity contribution in [3.8, 4) is 0 Å². The minimum Gasteiger partial charge on any atom is -0.375 e. The topological polar surface area (TPSA) is 53.1 Å². The van der Waals surface area contributed by atoms with E-state index in [4.69, 9.17) is 10.5 Å². The van der Waals surface area contributed by atoms with Crippen molar-refractivity contribution < 1.29 is 4.74 Å². The van der Waals surface area contributed by atoms with Crippen molar-refractivity contribution in [2.75, 3.05) is 6.61 Å². The van der Waals surface area contributed by atoms with E-state index in [0.29, 0.717) is 6.04 Å². The Hall–Kier alpha value is -0.870. The maximum atomic E-state index is 6.03. The van der Waals surface area contributed by atoms with Crippen molar-refractivity contribution in [3.63, 3.8) is 0 Å². The Morgan fingerprint density at radius 2 is 2.28 bits per heavy atom. The summed E-state index contributed by atoms with van der Waals surface area (Å²) in [7, 11) is 0. The molecule has 0 aromatic carbocycles. The second kappa shape index (κ2) is 5.41. The van der Waals surface area contributed by atoms with Crippen LogP contribution in [0, 0.1) is 0 Å². The van der Waals surface area contributed by atoms with Crippen molar-refractivity contribution in [1.82, 2.24) is 9.55 Å². The third kappa shape index (κ3) is 2.45. The molecule has 0 aliphatic carbocycles. The van der Waals surface area contributed by atoms with Gasteiger partial charge in [0.05, 0.1) is 17.6 Å². The van der Waals surface area contributed by atoms with Crippen LogP contribution in [0.5, 0.6) is 0 Å². The summed E-state index contributed by atoms with van der Waals surface area (Å²) in [4.78, 5) is 4.26. The van der Waals surface area contributed by atoms with E-state index in [1.54, 1.807) is 0 Å². The van der Waals surface area contributed by atoms with E-state index in [1.807, 2.05) is 19.4 Å². The lowest BCUT2D eigenvalue weighted by atomic mass is 9.85. The van der Waals surface area contributed by atoms with Gasteiger partial charge in [-0.1, -0.05) is 13.8 Å². The third-order valence-corrected chi connectivity index (χ3v) is 4.31. The van der Waals surface area contributed by atoms with Crippen molar-refractivity contribution in [2.24, 2.45) is 5.73 Å². The van der Waals surface area contributed by atoms with Crippen LogP contribution in [0.3, 0.4) is 0 Å². The number of rotatable bonds is 4. The molecular formula is C14H25N3O. The molecule has 0 saturated carbocycles. The van der Waals surface area contributed by atoms with Crippen LogP contribution in [0.4, 0.5) is 0 Å². The first-order valence-electron chi connectivity index (χ1n) is 7.03. The molecule has 2 unspecified atom stereocenters. The number of ether oxygens (including phenoxy) is 1. The van der Waals surface area contributed by atoms with E-state index in [0.717, 1.165) is 38.0 Å². The summed E-state index contributed by atoms with van der Waals surface area (Å²) in [6, 6.07) is 0.509. The SMILES string of the molecule is CCC1(CC)CC(n2cncc2C(C)N)CCO1. The van der Waals surface area contributed by atoms with E-state index in [9.17, 15) is 0 Å². The van der Waals surface area contributed by atoms with Crippen LogP contribution in [0.1, 0.15) is 64.2 Å². The molecule has 0 spiro atoms. The molecule has 0 bridgehead atoms. The molecule has 2 rings (SSSR count). The van der Waals surface area contributed by atoms with Crippen LogP contribution in [0.15, 0.2) is 12.5 Å². The number of hydrogen-bond acceptors (Lipinski definition) is 3. The Morgan fingerprint density at radius 3 is 2.89 bits per heavy atom. The van der Waals surface area contributed by atoms with Crippen molar-refractivity contribution in [2.45, 2.75) is 64.1 Å². The number of imidazole rings is 1. The van der Waals surface area contributed by atoms with Crippen LogP contribution < -0.4 is 5.73 Å². The van der Waals surface area contributed by atoms with Crippen molar-refractivity contribution in [1.29, 1.82) is 0 Å². The quantitative estimate of drug-likeness (QED) is 0.895. The smallest absolute Gasteiger partial charge is 0.0951 e. The fourth-order valence-corrected chi connectivity index (χ4v) is 2.95. The maximum absolute atomic E-state index is 6.03. The molecule has 2 N–H and O–H groups in total. The van der Waals surface area contributed by atoms with Crippen LogP contribution in [0.2, 0.25) is 0 Å². The van der Waals surface area contributed by atoms with Crippen molar-refractivity contribution in [3.05, 3.63) is 18.2 Å². The molecule has 18 heavy (non-hydrogen) atoms. The molecule has 4 nitrogen and oxygen atoms in total. The highest BCUT2D eigenvalue weighted by molar-refractivity contribution is 5.06. The average Bonchev–Trinajstić information content (AvgIpc) is 2.88. The van der Waals surface area contributed by atoms with E-state index in [-0.39, 0.29) is 11.6 Å². The molecule has 1 aromatic rings. The zero-order valence-corrected chi connectivity index (χ0v) is 11.7. The molecule has 2 heterocycles. The summed E-state index contributed by atoms with van der Waals surface area (Å²) < 4.78 is 8.28. The molecule has 1 saturated heterocycles. The van der Waals surface area contributed by atoms with Crippen molar-refractivity contribution >= 4 is 0 Å². The summed E-state index contributed by atoms with van der Waals surface area (Å²) >= 11 is 0. The highest BCUT2D eigenvalue weighted by atomic mass is 16.5. The Morgan fingerprint density at radius 1 is 1.56 bits per heavy atom. The zero-order chi connectivity index (χ0) is 13.2. The summed E-state index contributed by atoms with van der Waals surface area (Å²) in [5.41, 5.74) is 7.18. The molecule has 2 atom stereocenters. The van der Waals surface area contributed by atoms with Gasteiger partial charge in [-0.25, -0.2) is 4.98 Å². The summed E-state index contributed by atoms with van der Waals surface area (Å²) in [5.74, 6) is 0. The van der Waals surface area contributed by atoms with E-state index in [1.165, 1.54) is 0 Å². The van der Waals surface area contributed by atoms with Gasteiger partial charge in [0, 0.05) is 24.9 Å². The third-order valence-electron chi connectivity index (χ3n) is 4.31. The molecule has 1 aromatic heterocycles. The van der Waals surface area contributed by atoms with Gasteiger partial charge in [-0.05, 0) is 32.6 Å². The predicted molar refractivity (Wildman–Crippen MR) is 72.4 cm³/mol. The summed E-state index contributed by atoms with van der Waals surface area (Å²) in [6.45, 7) is 7.28. The summed E-state index contributed by atoms with van der Waals surface area (Å²) in [6.07, 6.45) is 8.07. The normalized spacial score (nSPS) is 25.0. The fourth-order valence-electron chi connectivity index (χ4n) is 2.95. The first-order valence-corrected chi connectivity index (χ1v) is 7.03. The second-order valence-corrected chi connectivity index (χ2v) is 5.40. The lowest BCUT2D eigenvalue weighted by Gasteiger charge is -2.41. The number of aromatic nitrogens is 2. The lowest BCUT2D eigenvalue weighted by Crippen LogP contribution is -2.39. The van der Waals surface area contributed by atoms with Crippen LogP contribution in [-0.2, 0) is 4.74 Å². The summed E-state index contributed by atoms with van der Waals surface area (Å²) in [5, 5.41) is 0. The van der Waals surface area contributed by atoms with Gasteiger partial charge < -0.3 is 15.0 Å².